The summed E-state index contributed by atoms with van der Waals surface area (Å²) < 4.78 is 0. The van der Waals surface area contributed by atoms with Crippen molar-refractivity contribution in [3.8, 4) is 5.75 Å². The number of aliphatic hydroxyl groups is 1. The molecule has 0 aromatic carbocycles. The first-order valence-electron chi connectivity index (χ1n) is 5.46. The van der Waals surface area contributed by atoms with E-state index in [-0.39, 0.29) is 17.9 Å². The standard InChI is InChI=1S/C11H16N2O4/c14-5-3-1-2-4-12-11(17)8-7-13-10(16)6-9(8)15/h6-7,14H,1-5H2,(H,12,17)(H2,13,15,16). The molecule has 17 heavy (non-hydrogen) atoms. The first-order chi connectivity index (χ1) is 8.15. The zero-order chi connectivity index (χ0) is 12.7. The summed E-state index contributed by atoms with van der Waals surface area (Å²) >= 11 is 0. The molecule has 6 heteroatoms. The highest BCUT2D eigenvalue weighted by Crippen LogP contribution is 2.11. The molecule has 0 spiro atoms. The monoisotopic (exact) mass is 240 g/mol. The van der Waals surface area contributed by atoms with Crippen LogP contribution >= 0.6 is 0 Å². The molecule has 1 aromatic heterocycles. The summed E-state index contributed by atoms with van der Waals surface area (Å²) in [5.41, 5.74) is -0.409. The van der Waals surface area contributed by atoms with Crippen molar-refractivity contribution in [2.75, 3.05) is 13.2 Å². The van der Waals surface area contributed by atoms with Gasteiger partial charge in [0.05, 0.1) is 5.56 Å². The average Bonchev–Trinajstić information content (AvgIpc) is 2.28. The topological polar surface area (TPSA) is 102 Å². The van der Waals surface area contributed by atoms with E-state index in [9.17, 15) is 14.7 Å². The number of aromatic amines is 1. The second-order valence-electron chi connectivity index (χ2n) is 3.64. The molecule has 6 nitrogen and oxygen atoms in total. The maximum atomic E-state index is 11.6. The van der Waals surface area contributed by atoms with Gasteiger partial charge < -0.3 is 20.5 Å². The number of aromatic hydroxyl groups is 1. The summed E-state index contributed by atoms with van der Waals surface area (Å²) in [6, 6.07) is 0.959. The van der Waals surface area contributed by atoms with Crippen molar-refractivity contribution in [3.05, 3.63) is 28.2 Å². The van der Waals surface area contributed by atoms with Crippen LogP contribution in [0, 0.1) is 0 Å². The van der Waals surface area contributed by atoms with E-state index in [1.165, 1.54) is 6.20 Å². The Morgan fingerprint density at radius 3 is 2.76 bits per heavy atom. The predicted octanol–water partition coefficient (Wildman–Crippen LogP) is -0.0271. The van der Waals surface area contributed by atoms with Crippen molar-refractivity contribution in [1.29, 1.82) is 0 Å². The molecule has 0 aliphatic rings. The van der Waals surface area contributed by atoms with Crippen molar-refractivity contribution < 1.29 is 15.0 Å². The van der Waals surface area contributed by atoms with Crippen LogP contribution in [0.5, 0.6) is 5.75 Å². The lowest BCUT2D eigenvalue weighted by molar-refractivity contribution is 0.0950. The third kappa shape index (κ3) is 4.28. The summed E-state index contributed by atoms with van der Waals surface area (Å²) in [4.78, 5) is 24.7. The molecule has 0 aliphatic heterocycles. The number of amides is 1. The molecular weight excluding hydrogens is 224 g/mol. The van der Waals surface area contributed by atoms with Crippen molar-refractivity contribution in [2.45, 2.75) is 19.3 Å². The molecule has 0 bridgehead atoms. The van der Waals surface area contributed by atoms with Crippen LogP contribution < -0.4 is 10.9 Å². The van der Waals surface area contributed by atoms with Crippen LogP contribution in [0.1, 0.15) is 29.6 Å². The van der Waals surface area contributed by atoms with Crippen molar-refractivity contribution in [2.24, 2.45) is 0 Å². The lowest BCUT2D eigenvalue weighted by Gasteiger charge is -2.05. The smallest absolute Gasteiger partial charge is 0.256 e. The predicted molar refractivity (Wildman–Crippen MR) is 62.0 cm³/mol. The Labute approximate surface area is 98.3 Å². The summed E-state index contributed by atoms with van der Waals surface area (Å²) in [5, 5.41) is 20.6. The number of hydrogen-bond donors (Lipinski definition) is 4. The number of hydrogen-bond acceptors (Lipinski definition) is 4. The molecule has 0 radical (unpaired) electrons. The lowest BCUT2D eigenvalue weighted by Crippen LogP contribution is -2.25. The second kappa shape index (κ2) is 6.70. The molecule has 4 N–H and O–H groups in total. The third-order valence-corrected chi connectivity index (χ3v) is 2.27. The molecule has 1 heterocycles. The highest BCUT2D eigenvalue weighted by atomic mass is 16.3. The molecule has 1 aromatic rings. The molecule has 0 fully saturated rings. The van der Waals surface area contributed by atoms with E-state index in [4.69, 9.17) is 5.11 Å². The number of aliphatic hydroxyl groups excluding tert-OH is 1. The van der Waals surface area contributed by atoms with E-state index in [2.05, 4.69) is 10.3 Å². The zero-order valence-electron chi connectivity index (χ0n) is 9.40. The molecular formula is C11H16N2O4. The third-order valence-electron chi connectivity index (χ3n) is 2.27. The largest absolute Gasteiger partial charge is 0.507 e. The van der Waals surface area contributed by atoms with Gasteiger partial charge in [0.1, 0.15) is 5.75 Å². The van der Waals surface area contributed by atoms with Gasteiger partial charge in [-0.3, -0.25) is 9.59 Å². The van der Waals surface area contributed by atoms with E-state index in [0.29, 0.717) is 13.0 Å². The number of aromatic nitrogens is 1. The van der Waals surface area contributed by atoms with Crippen LogP contribution in [0.4, 0.5) is 0 Å². The molecule has 0 aliphatic carbocycles. The van der Waals surface area contributed by atoms with E-state index in [0.717, 1.165) is 18.9 Å². The fraction of sp³-hybridized carbons (Fsp3) is 0.455. The second-order valence-corrected chi connectivity index (χ2v) is 3.64. The number of unbranched alkanes of at least 4 members (excludes halogenated alkanes) is 2. The van der Waals surface area contributed by atoms with Crippen LogP contribution in [-0.4, -0.2) is 34.3 Å². The normalized spacial score (nSPS) is 10.2. The molecule has 0 unspecified atom stereocenters. The van der Waals surface area contributed by atoms with Gasteiger partial charge >= 0.3 is 0 Å². The fourth-order valence-corrected chi connectivity index (χ4v) is 1.35. The van der Waals surface area contributed by atoms with Gasteiger partial charge in [-0.2, -0.15) is 0 Å². The van der Waals surface area contributed by atoms with Crippen LogP contribution in [0.2, 0.25) is 0 Å². The van der Waals surface area contributed by atoms with Gasteiger partial charge in [0.2, 0.25) is 0 Å². The maximum Gasteiger partial charge on any atom is 0.256 e. The summed E-state index contributed by atoms with van der Waals surface area (Å²) in [5.74, 6) is -0.760. The van der Waals surface area contributed by atoms with Crippen molar-refractivity contribution in [1.82, 2.24) is 10.3 Å². The number of nitrogens with one attached hydrogen (secondary N) is 2. The van der Waals surface area contributed by atoms with Crippen LogP contribution in [0.25, 0.3) is 0 Å². The van der Waals surface area contributed by atoms with Crippen LogP contribution in [0.3, 0.4) is 0 Å². The summed E-state index contributed by atoms with van der Waals surface area (Å²) in [6.07, 6.45) is 3.48. The maximum absolute atomic E-state index is 11.6. The van der Waals surface area contributed by atoms with Gasteiger partial charge in [0, 0.05) is 25.4 Å². The highest BCUT2D eigenvalue weighted by Gasteiger charge is 2.10. The van der Waals surface area contributed by atoms with Crippen molar-refractivity contribution >= 4 is 5.91 Å². The highest BCUT2D eigenvalue weighted by molar-refractivity contribution is 5.96. The fourth-order valence-electron chi connectivity index (χ4n) is 1.35. The first kappa shape index (κ1) is 13.2. The van der Waals surface area contributed by atoms with Crippen molar-refractivity contribution in [3.63, 3.8) is 0 Å². The summed E-state index contributed by atoms with van der Waals surface area (Å²) in [6.45, 7) is 0.617. The van der Waals surface area contributed by atoms with Crippen LogP contribution in [0.15, 0.2) is 17.1 Å². The number of carbonyl (C=O) groups excluding carboxylic acids is 1. The minimum Gasteiger partial charge on any atom is -0.507 e. The van der Waals surface area contributed by atoms with Gasteiger partial charge in [-0.25, -0.2) is 0 Å². The van der Waals surface area contributed by atoms with Crippen LogP contribution in [-0.2, 0) is 0 Å². The average molecular weight is 240 g/mol. The van der Waals surface area contributed by atoms with Gasteiger partial charge in [-0.1, -0.05) is 0 Å². The lowest BCUT2D eigenvalue weighted by atomic mass is 10.2. The Balaban J connectivity index is 2.44. The van der Waals surface area contributed by atoms with E-state index in [1.54, 1.807) is 0 Å². The van der Waals surface area contributed by atoms with Gasteiger partial charge in [0.15, 0.2) is 0 Å². The molecule has 1 amide bonds. The number of pyridine rings is 1. The zero-order valence-corrected chi connectivity index (χ0v) is 9.40. The van der Waals surface area contributed by atoms with E-state index in [1.807, 2.05) is 0 Å². The Kier molecular flexibility index (Phi) is 5.22. The Bertz CT molecular complexity index is 428. The van der Waals surface area contributed by atoms with Gasteiger partial charge in [-0.15, -0.1) is 0 Å². The SMILES string of the molecule is O=C(NCCCCCO)c1c[nH]c(=O)cc1O. The quantitative estimate of drug-likeness (QED) is 0.524. The van der Waals surface area contributed by atoms with E-state index >= 15 is 0 Å². The number of H-pyrrole nitrogens is 1. The minimum absolute atomic E-state index is 0.0479. The summed E-state index contributed by atoms with van der Waals surface area (Å²) in [7, 11) is 0. The molecule has 94 valence electrons. The van der Waals surface area contributed by atoms with Gasteiger partial charge in [0.25, 0.3) is 11.5 Å². The minimum atomic E-state index is -0.456. The first-order valence-corrected chi connectivity index (χ1v) is 5.46. The molecule has 1 rings (SSSR count). The molecule has 0 saturated carbocycles. The van der Waals surface area contributed by atoms with E-state index < -0.39 is 11.5 Å². The Morgan fingerprint density at radius 1 is 1.35 bits per heavy atom. The Hall–Kier alpha value is -1.82. The molecule has 0 atom stereocenters. The molecule has 0 saturated heterocycles. The van der Waals surface area contributed by atoms with Gasteiger partial charge in [-0.05, 0) is 19.3 Å². The Morgan fingerprint density at radius 2 is 2.12 bits per heavy atom. The number of rotatable bonds is 6. The number of carbonyl (C=O) groups is 1.